The van der Waals surface area contributed by atoms with Crippen LogP contribution in [0.25, 0.3) is 0 Å². The van der Waals surface area contributed by atoms with Crippen molar-refractivity contribution in [2.24, 2.45) is 16.6 Å². The van der Waals surface area contributed by atoms with Crippen LogP contribution in [0, 0.1) is 11.7 Å². The first-order valence-corrected chi connectivity index (χ1v) is 8.76. The summed E-state index contributed by atoms with van der Waals surface area (Å²) < 4.78 is 13.0. The maximum Gasteiger partial charge on any atom is 0.191 e. The lowest BCUT2D eigenvalue weighted by molar-refractivity contribution is 0.270. The molecule has 1 saturated heterocycles. The zero-order valence-corrected chi connectivity index (χ0v) is 14.7. The summed E-state index contributed by atoms with van der Waals surface area (Å²) in [5, 5.41) is 0. The van der Waals surface area contributed by atoms with Crippen LogP contribution in [0.4, 0.5) is 10.1 Å². The van der Waals surface area contributed by atoms with E-state index >= 15 is 0 Å². The molecule has 2 N–H and O–H groups in total. The molecule has 2 aliphatic rings. The van der Waals surface area contributed by atoms with Gasteiger partial charge in [0.1, 0.15) is 5.82 Å². The number of benzene rings is 1. The van der Waals surface area contributed by atoms with Gasteiger partial charge in [-0.3, -0.25) is 4.99 Å². The Morgan fingerprint density at radius 3 is 2.38 bits per heavy atom. The van der Waals surface area contributed by atoms with E-state index in [0.717, 1.165) is 44.3 Å². The molecule has 5 nitrogen and oxygen atoms in total. The number of guanidine groups is 1. The number of nitrogens with two attached hydrogens (primary N) is 1. The number of anilines is 1. The summed E-state index contributed by atoms with van der Waals surface area (Å²) in [6.07, 6.45) is 2.63. The van der Waals surface area contributed by atoms with Crippen LogP contribution < -0.4 is 10.6 Å². The van der Waals surface area contributed by atoms with Crippen molar-refractivity contribution in [3.05, 3.63) is 30.1 Å². The van der Waals surface area contributed by atoms with Crippen molar-refractivity contribution in [1.82, 2.24) is 9.80 Å². The molecule has 1 aromatic rings. The number of rotatable bonds is 5. The standard InChI is InChI=1S/C18H28FN5/c1-22(2)17(14-3-4-14)13-21-18(20)24-11-9-23(10-12-24)16-7-5-15(19)6-8-16/h5-8,14,17H,3-4,9-13H2,1-2H3,(H2,20,21). The molecule has 1 unspecified atom stereocenters. The molecule has 3 rings (SSSR count). The number of halogens is 1. The van der Waals surface area contributed by atoms with Gasteiger partial charge in [0.2, 0.25) is 0 Å². The van der Waals surface area contributed by atoms with E-state index in [4.69, 9.17) is 5.73 Å². The van der Waals surface area contributed by atoms with Gasteiger partial charge in [0.15, 0.2) is 5.96 Å². The van der Waals surface area contributed by atoms with Crippen LogP contribution in [-0.4, -0.2) is 68.6 Å². The minimum absolute atomic E-state index is 0.195. The smallest absolute Gasteiger partial charge is 0.191 e. The highest BCUT2D eigenvalue weighted by Gasteiger charge is 2.32. The maximum absolute atomic E-state index is 13.0. The first-order chi connectivity index (χ1) is 11.5. The van der Waals surface area contributed by atoms with E-state index in [2.05, 4.69) is 33.8 Å². The average Bonchev–Trinajstić information content (AvgIpc) is 3.40. The fourth-order valence-corrected chi connectivity index (χ4v) is 3.35. The molecular formula is C18H28FN5. The van der Waals surface area contributed by atoms with Gasteiger partial charge < -0.3 is 20.4 Å². The summed E-state index contributed by atoms with van der Waals surface area (Å²) in [4.78, 5) is 11.3. The third-order valence-electron chi connectivity index (χ3n) is 5.07. The topological polar surface area (TPSA) is 48.1 Å². The average molecular weight is 333 g/mol. The highest BCUT2D eigenvalue weighted by atomic mass is 19.1. The third-order valence-corrected chi connectivity index (χ3v) is 5.07. The molecule has 2 fully saturated rings. The summed E-state index contributed by atoms with van der Waals surface area (Å²) in [7, 11) is 4.24. The van der Waals surface area contributed by atoms with Crippen molar-refractivity contribution in [1.29, 1.82) is 0 Å². The van der Waals surface area contributed by atoms with Crippen LogP contribution in [0.5, 0.6) is 0 Å². The van der Waals surface area contributed by atoms with Crippen molar-refractivity contribution < 1.29 is 4.39 Å². The summed E-state index contributed by atoms with van der Waals surface area (Å²) in [6.45, 7) is 4.23. The minimum atomic E-state index is -0.195. The van der Waals surface area contributed by atoms with Gasteiger partial charge in [0, 0.05) is 37.9 Å². The van der Waals surface area contributed by atoms with Gasteiger partial charge in [-0.2, -0.15) is 0 Å². The fraction of sp³-hybridized carbons (Fsp3) is 0.611. The maximum atomic E-state index is 13.0. The summed E-state index contributed by atoms with van der Waals surface area (Å²) in [6, 6.07) is 7.19. The summed E-state index contributed by atoms with van der Waals surface area (Å²) in [5.41, 5.74) is 7.27. The lowest BCUT2D eigenvalue weighted by Gasteiger charge is -2.36. The largest absolute Gasteiger partial charge is 0.370 e. The van der Waals surface area contributed by atoms with Crippen molar-refractivity contribution in [2.45, 2.75) is 18.9 Å². The molecule has 1 aliphatic carbocycles. The Morgan fingerprint density at radius 1 is 1.21 bits per heavy atom. The van der Waals surface area contributed by atoms with Gasteiger partial charge in [-0.25, -0.2) is 4.39 Å². The van der Waals surface area contributed by atoms with Gasteiger partial charge in [-0.15, -0.1) is 0 Å². The Morgan fingerprint density at radius 2 is 1.83 bits per heavy atom. The Bertz CT molecular complexity index is 557. The normalized spacial score (nSPS) is 20.6. The Kier molecular flexibility index (Phi) is 5.23. The molecular weight excluding hydrogens is 305 g/mol. The Hall–Kier alpha value is -1.82. The van der Waals surface area contributed by atoms with E-state index in [0.29, 0.717) is 12.0 Å². The van der Waals surface area contributed by atoms with Gasteiger partial charge in [0.05, 0.1) is 6.54 Å². The highest BCUT2D eigenvalue weighted by molar-refractivity contribution is 5.78. The first-order valence-electron chi connectivity index (χ1n) is 8.76. The molecule has 0 spiro atoms. The number of hydrogen-bond donors (Lipinski definition) is 1. The number of hydrogen-bond acceptors (Lipinski definition) is 3. The molecule has 1 aliphatic heterocycles. The number of aliphatic imine (C=N–C) groups is 1. The monoisotopic (exact) mass is 333 g/mol. The molecule has 6 heteroatoms. The summed E-state index contributed by atoms with van der Waals surface area (Å²) in [5.74, 6) is 1.24. The van der Waals surface area contributed by atoms with Gasteiger partial charge in [0.25, 0.3) is 0 Å². The predicted molar refractivity (Wildman–Crippen MR) is 96.9 cm³/mol. The quantitative estimate of drug-likeness (QED) is 0.657. The molecule has 0 radical (unpaired) electrons. The van der Waals surface area contributed by atoms with E-state index in [-0.39, 0.29) is 5.82 Å². The fourth-order valence-electron chi connectivity index (χ4n) is 3.35. The lowest BCUT2D eigenvalue weighted by atomic mass is 10.2. The molecule has 0 amide bonds. The summed E-state index contributed by atoms with van der Waals surface area (Å²) >= 11 is 0. The van der Waals surface area contributed by atoms with Gasteiger partial charge >= 0.3 is 0 Å². The number of likely N-dealkylation sites (N-methyl/N-ethyl adjacent to an activating group) is 1. The van der Waals surface area contributed by atoms with E-state index < -0.39 is 0 Å². The second kappa shape index (κ2) is 7.38. The van der Waals surface area contributed by atoms with Crippen molar-refractivity contribution in [3.63, 3.8) is 0 Å². The van der Waals surface area contributed by atoms with E-state index in [1.54, 1.807) is 0 Å². The Labute approximate surface area is 143 Å². The molecule has 24 heavy (non-hydrogen) atoms. The molecule has 1 heterocycles. The molecule has 132 valence electrons. The number of nitrogens with zero attached hydrogens (tertiary/aromatic N) is 4. The van der Waals surface area contributed by atoms with Crippen LogP contribution in [0.1, 0.15) is 12.8 Å². The third kappa shape index (κ3) is 4.17. The van der Waals surface area contributed by atoms with E-state index in [9.17, 15) is 4.39 Å². The van der Waals surface area contributed by atoms with Crippen molar-refractivity contribution in [2.75, 3.05) is 51.7 Å². The molecule has 0 bridgehead atoms. The number of piperazine rings is 1. The second-order valence-electron chi connectivity index (χ2n) is 7.02. The Balaban J connectivity index is 1.51. The molecule has 0 aromatic heterocycles. The van der Waals surface area contributed by atoms with E-state index in [1.165, 1.54) is 25.0 Å². The molecule has 1 saturated carbocycles. The molecule has 1 aromatic carbocycles. The van der Waals surface area contributed by atoms with Crippen molar-refractivity contribution >= 4 is 11.6 Å². The zero-order chi connectivity index (χ0) is 17.1. The molecule has 1 atom stereocenters. The minimum Gasteiger partial charge on any atom is -0.370 e. The predicted octanol–water partition coefficient (Wildman–Crippen LogP) is 1.60. The van der Waals surface area contributed by atoms with Crippen LogP contribution in [0.3, 0.4) is 0 Å². The second-order valence-corrected chi connectivity index (χ2v) is 7.02. The zero-order valence-electron chi connectivity index (χ0n) is 14.7. The van der Waals surface area contributed by atoms with Crippen LogP contribution in [0.15, 0.2) is 29.3 Å². The highest BCUT2D eigenvalue weighted by Crippen LogP contribution is 2.34. The lowest BCUT2D eigenvalue weighted by Crippen LogP contribution is -2.51. The van der Waals surface area contributed by atoms with E-state index in [1.807, 2.05) is 12.1 Å². The van der Waals surface area contributed by atoms with Crippen molar-refractivity contribution in [3.8, 4) is 0 Å². The van der Waals surface area contributed by atoms with Crippen LogP contribution in [-0.2, 0) is 0 Å². The SMILES string of the molecule is CN(C)C(CN=C(N)N1CCN(c2ccc(F)cc2)CC1)C1CC1. The first kappa shape index (κ1) is 17.0. The van der Waals surface area contributed by atoms with Gasteiger partial charge in [-0.1, -0.05) is 0 Å². The van der Waals surface area contributed by atoms with Gasteiger partial charge in [-0.05, 0) is 57.1 Å². The van der Waals surface area contributed by atoms with Crippen LogP contribution in [0.2, 0.25) is 0 Å². The van der Waals surface area contributed by atoms with Crippen LogP contribution >= 0.6 is 0 Å².